The van der Waals surface area contributed by atoms with Crippen molar-refractivity contribution in [3.8, 4) is 0 Å². The third-order valence-corrected chi connectivity index (χ3v) is 4.83. The molecule has 0 saturated heterocycles. The average molecular weight is 330 g/mol. The van der Waals surface area contributed by atoms with Crippen LogP contribution in [0.15, 0.2) is 47.4 Å². The van der Waals surface area contributed by atoms with Gasteiger partial charge < -0.3 is 10.6 Å². The Bertz CT molecular complexity index is 779. The first-order valence-electron chi connectivity index (χ1n) is 7.15. The number of halogens is 1. The molecule has 118 valence electrons. The lowest BCUT2D eigenvalue weighted by atomic mass is 10.2. The Hall–Kier alpha value is -2.34. The highest BCUT2D eigenvalue weighted by Gasteiger charge is 2.28. The predicted octanol–water partition coefficient (Wildman–Crippen LogP) is 3.58. The Balaban J connectivity index is 1.69. The van der Waals surface area contributed by atoms with Crippen molar-refractivity contribution in [3.63, 3.8) is 0 Å². The Morgan fingerprint density at radius 2 is 2.09 bits per heavy atom. The van der Waals surface area contributed by atoms with Gasteiger partial charge in [0.05, 0.1) is 10.9 Å². The molecular formula is C17H15FN2O2S. The summed E-state index contributed by atoms with van der Waals surface area (Å²) < 4.78 is 13.3. The van der Waals surface area contributed by atoms with E-state index in [2.05, 4.69) is 10.6 Å². The Kier molecular flexibility index (Phi) is 4.34. The number of para-hydroxylation sites is 1. The first kappa shape index (κ1) is 15.6. The number of amides is 2. The fourth-order valence-corrected chi connectivity index (χ4v) is 3.44. The average Bonchev–Trinajstić information content (AvgIpc) is 2.51. The van der Waals surface area contributed by atoms with Crippen LogP contribution in [0, 0.1) is 12.7 Å². The second-order valence-electron chi connectivity index (χ2n) is 5.30. The van der Waals surface area contributed by atoms with Gasteiger partial charge in [-0.15, -0.1) is 11.8 Å². The number of fused-ring (bicyclic) bond motifs is 1. The van der Waals surface area contributed by atoms with Crippen molar-refractivity contribution in [2.45, 2.75) is 23.5 Å². The van der Waals surface area contributed by atoms with E-state index in [0.717, 1.165) is 16.1 Å². The van der Waals surface area contributed by atoms with Crippen LogP contribution in [0.5, 0.6) is 0 Å². The zero-order valence-corrected chi connectivity index (χ0v) is 13.2. The van der Waals surface area contributed by atoms with Crippen LogP contribution in [0.4, 0.5) is 15.8 Å². The Labute approximate surface area is 137 Å². The molecule has 1 aliphatic heterocycles. The molecule has 0 fully saturated rings. The van der Waals surface area contributed by atoms with Crippen molar-refractivity contribution in [2.24, 2.45) is 0 Å². The van der Waals surface area contributed by atoms with Gasteiger partial charge in [-0.25, -0.2) is 4.39 Å². The van der Waals surface area contributed by atoms with Crippen LogP contribution in [-0.4, -0.2) is 17.1 Å². The van der Waals surface area contributed by atoms with Crippen LogP contribution in [0.3, 0.4) is 0 Å². The fourth-order valence-electron chi connectivity index (χ4n) is 2.33. The summed E-state index contributed by atoms with van der Waals surface area (Å²) >= 11 is 1.36. The van der Waals surface area contributed by atoms with E-state index in [1.54, 1.807) is 13.0 Å². The summed E-state index contributed by atoms with van der Waals surface area (Å²) in [6.07, 6.45) is 0.0286. The highest BCUT2D eigenvalue weighted by molar-refractivity contribution is 8.01. The number of hydrogen-bond acceptors (Lipinski definition) is 3. The topological polar surface area (TPSA) is 58.2 Å². The number of anilines is 2. The molecule has 4 nitrogen and oxygen atoms in total. The molecule has 1 heterocycles. The molecule has 0 radical (unpaired) electrons. The van der Waals surface area contributed by atoms with E-state index in [0.29, 0.717) is 5.69 Å². The summed E-state index contributed by atoms with van der Waals surface area (Å²) in [6, 6.07) is 11.7. The van der Waals surface area contributed by atoms with Gasteiger partial charge in [-0.3, -0.25) is 9.59 Å². The van der Waals surface area contributed by atoms with Gasteiger partial charge in [-0.05, 0) is 36.8 Å². The van der Waals surface area contributed by atoms with E-state index in [-0.39, 0.29) is 18.2 Å². The summed E-state index contributed by atoms with van der Waals surface area (Å²) in [7, 11) is 0. The summed E-state index contributed by atoms with van der Waals surface area (Å²) in [6.45, 7) is 1.79. The highest BCUT2D eigenvalue weighted by atomic mass is 32.2. The summed E-state index contributed by atoms with van der Waals surface area (Å²) in [4.78, 5) is 25.2. The number of aryl methyl sites for hydroxylation is 1. The fraction of sp³-hybridized carbons (Fsp3) is 0.176. The first-order chi connectivity index (χ1) is 11.0. The lowest BCUT2D eigenvalue weighted by molar-refractivity contribution is -0.120. The molecule has 2 aromatic carbocycles. The van der Waals surface area contributed by atoms with Gasteiger partial charge in [-0.1, -0.05) is 18.2 Å². The quantitative estimate of drug-likeness (QED) is 0.904. The highest BCUT2D eigenvalue weighted by Crippen LogP contribution is 2.36. The molecule has 0 aromatic heterocycles. The van der Waals surface area contributed by atoms with Gasteiger partial charge in [0, 0.05) is 17.0 Å². The third kappa shape index (κ3) is 3.53. The van der Waals surface area contributed by atoms with Crippen molar-refractivity contribution in [2.75, 3.05) is 10.6 Å². The van der Waals surface area contributed by atoms with Crippen LogP contribution in [-0.2, 0) is 9.59 Å². The van der Waals surface area contributed by atoms with E-state index in [4.69, 9.17) is 0 Å². The zero-order valence-electron chi connectivity index (χ0n) is 12.4. The standard InChI is InChI=1S/C17H15FN2O2S/c1-10-6-7-11(18)8-13(10)19-16(21)9-15-17(22)20-12-4-2-3-5-14(12)23-15/h2-8,15H,9H2,1H3,(H,19,21)(H,20,22). The molecule has 0 spiro atoms. The molecule has 0 bridgehead atoms. The third-order valence-electron chi connectivity index (χ3n) is 3.55. The van der Waals surface area contributed by atoms with E-state index in [9.17, 15) is 14.0 Å². The van der Waals surface area contributed by atoms with E-state index >= 15 is 0 Å². The molecule has 0 aliphatic carbocycles. The smallest absolute Gasteiger partial charge is 0.238 e. The molecule has 6 heteroatoms. The van der Waals surface area contributed by atoms with Crippen LogP contribution < -0.4 is 10.6 Å². The summed E-state index contributed by atoms with van der Waals surface area (Å²) in [5, 5.41) is 4.97. The minimum absolute atomic E-state index is 0.0286. The SMILES string of the molecule is Cc1ccc(F)cc1NC(=O)CC1Sc2ccccc2NC1=O. The largest absolute Gasteiger partial charge is 0.326 e. The monoisotopic (exact) mass is 330 g/mol. The second-order valence-corrected chi connectivity index (χ2v) is 6.55. The Morgan fingerprint density at radius 3 is 2.91 bits per heavy atom. The van der Waals surface area contributed by atoms with Crippen molar-refractivity contribution >= 4 is 35.0 Å². The van der Waals surface area contributed by atoms with Crippen molar-refractivity contribution in [3.05, 3.63) is 53.8 Å². The molecular weight excluding hydrogens is 315 g/mol. The minimum Gasteiger partial charge on any atom is -0.326 e. The number of hydrogen-bond donors (Lipinski definition) is 2. The van der Waals surface area contributed by atoms with Crippen molar-refractivity contribution in [1.29, 1.82) is 0 Å². The van der Waals surface area contributed by atoms with E-state index in [1.165, 1.54) is 23.9 Å². The molecule has 2 aromatic rings. The zero-order chi connectivity index (χ0) is 16.4. The predicted molar refractivity (Wildman–Crippen MR) is 89.1 cm³/mol. The van der Waals surface area contributed by atoms with Crippen LogP contribution in [0.2, 0.25) is 0 Å². The first-order valence-corrected chi connectivity index (χ1v) is 8.03. The number of thioether (sulfide) groups is 1. The minimum atomic E-state index is -0.501. The maximum atomic E-state index is 13.3. The molecule has 1 atom stereocenters. The molecule has 1 unspecified atom stereocenters. The molecule has 3 rings (SSSR count). The second kappa shape index (κ2) is 6.42. The van der Waals surface area contributed by atoms with Crippen LogP contribution in [0.25, 0.3) is 0 Å². The number of carbonyl (C=O) groups excluding carboxylic acids is 2. The van der Waals surface area contributed by atoms with Gasteiger partial charge in [0.2, 0.25) is 11.8 Å². The number of rotatable bonds is 3. The number of nitrogens with one attached hydrogen (secondary N) is 2. The molecule has 2 amide bonds. The normalized spacial score (nSPS) is 16.4. The van der Waals surface area contributed by atoms with Gasteiger partial charge in [0.1, 0.15) is 5.82 Å². The van der Waals surface area contributed by atoms with Crippen molar-refractivity contribution in [1.82, 2.24) is 0 Å². The van der Waals surface area contributed by atoms with Crippen LogP contribution >= 0.6 is 11.8 Å². The van der Waals surface area contributed by atoms with Crippen molar-refractivity contribution < 1.29 is 14.0 Å². The maximum Gasteiger partial charge on any atom is 0.238 e. The van der Waals surface area contributed by atoms with E-state index in [1.807, 2.05) is 24.3 Å². The molecule has 1 aliphatic rings. The summed E-state index contributed by atoms with van der Waals surface area (Å²) in [5.41, 5.74) is 1.96. The van der Waals surface area contributed by atoms with Gasteiger partial charge >= 0.3 is 0 Å². The van der Waals surface area contributed by atoms with E-state index < -0.39 is 11.1 Å². The molecule has 23 heavy (non-hydrogen) atoms. The molecule has 0 saturated carbocycles. The summed E-state index contributed by atoms with van der Waals surface area (Å²) in [5.74, 6) is -0.921. The lowest BCUT2D eigenvalue weighted by Crippen LogP contribution is -2.32. The maximum absolute atomic E-state index is 13.3. The number of benzene rings is 2. The van der Waals surface area contributed by atoms with Gasteiger partial charge in [0.25, 0.3) is 0 Å². The van der Waals surface area contributed by atoms with Crippen LogP contribution in [0.1, 0.15) is 12.0 Å². The number of carbonyl (C=O) groups is 2. The van der Waals surface area contributed by atoms with Gasteiger partial charge in [-0.2, -0.15) is 0 Å². The molecule has 2 N–H and O–H groups in total. The lowest BCUT2D eigenvalue weighted by Gasteiger charge is -2.23. The Morgan fingerprint density at radius 1 is 1.30 bits per heavy atom. The van der Waals surface area contributed by atoms with Gasteiger partial charge in [0.15, 0.2) is 0 Å².